The molecule has 0 spiro atoms. The van der Waals surface area contributed by atoms with Gasteiger partial charge >= 0.3 is 0 Å². The molecule has 0 saturated heterocycles. The first-order valence-corrected chi connectivity index (χ1v) is 8.43. The van der Waals surface area contributed by atoms with Crippen molar-refractivity contribution < 1.29 is 19.1 Å². The van der Waals surface area contributed by atoms with Gasteiger partial charge in [0, 0.05) is 20.3 Å². The van der Waals surface area contributed by atoms with Crippen molar-refractivity contribution in [1.82, 2.24) is 10.3 Å². The van der Waals surface area contributed by atoms with E-state index in [0.29, 0.717) is 37.6 Å². The second kappa shape index (κ2) is 10.1. The van der Waals surface area contributed by atoms with E-state index in [1.54, 1.807) is 43.5 Å². The number of pyridine rings is 1. The van der Waals surface area contributed by atoms with Gasteiger partial charge in [0.1, 0.15) is 17.1 Å². The van der Waals surface area contributed by atoms with Gasteiger partial charge in [0.2, 0.25) is 0 Å². The van der Waals surface area contributed by atoms with E-state index < -0.39 is 5.91 Å². The van der Waals surface area contributed by atoms with Gasteiger partial charge < -0.3 is 20.1 Å². The van der Waals surface area contributed by atoms with Crippen LogP contribution in [-0.4, -0.2) is 43.7 Å². The molecule has 1 heterocycles. The summed E-state index contributed by atoms with van der Waals surface area (Å²) in [5.74, 6) is -0.160. The van der Waals surface area contributed by atoms with E-state index >= 15 is 0 Å². The summed E-state index contributed by atoms with van der Waals surface area (Å²) in [5, 5.41) is 5.51. The maximum absolute atomic E-state index is 12.5. The fourth-order valence-electron chi connectivity index (χ4n) is 2.23. The Morgan fingerprint density at radius 1 is 1.04 bits per heavy atom. The fraction of sp³-hybridized carbons (Fsp3) is 0.316. The van der Waals surface area contributed by atoms with Crippen molar-refractivity contribution in [3.63, 3.8) is 0 Å². The van der Waals surface area contributed by atoms with Crippen LogP contribution in [0.15, 0.2) is 42.5 Å². The lowest BCUT2D eigenvalue weighted by atomic mass is 10.2. The summed E-state index contributed by atoms with van der Waals surface area (Å²) >= 11 is 0. The molecule has 0 aliphatic heterocycles. The molecule has 138 valence electrons. The van der Waals surface area contributed by atoms with Gasteiger partial charge in [0.25, 0.3) is 11.8 Å². The summed E-state index contributed by atoms with van der Waals surface area (Å²) in [6.07, 6.45) is 0.705. The molecule has 0 bridgehead atoms. The van der Waals surface area contributed by atoms with Crippen LogP contribution < -0.4 is 15.4 Å². The number of methoxy groups -OCH3 is 1. The molecule has 2 N–H and O–H groups in total. The van der Waals surface area contributed by atoms with Gasteiger partial charge in [-0.05, 0) is 37.6 Å². The minimum absolute atomic E-state index is 0.154. The van der Waals surface area contributed by atoms with Crippen LogP contribution in [0, 0.1) is 0 Å². The van der Waals surface area contributed by atoms with Crippen LogP contribution in [0.1, 0.15) is 34.3 Å². The van der Waals surface area contributed by atoms with E-state index in [1.807, 2.05) is 13.0 Å². The van der Waals surface area contributed by atoms with Crippen molar-refractivity contribution >= 4 is 17.5 Å². The number of amides is 2. The third-order valence-corrected chi connectivity index (χ3v) is 3.46. The van der Waals surface area contributed by atoms with Crippen LogP contribution in [0.5, 0.6) is 5.75 Å². The number of nitrogens with one attached hydrogen (secondary N) is 2. The van der Waals surface area contributed by atoms with Crippen LogP contribution in [0.3, 0.4) is 0 Å². The molecule has 0 saturated carbocycles. The predicted molar refractivity (Wildman–Crippen MR) is 98.6 cm³/mol. The van der Waals surface area contributed by atoms with Crippen molar-refractivity contribution in [2.75, 3.05) is 32.2 Å². The quantitative estimate of drug-likeness (QED) is 0.673. The van der Waals surface area contributed by atoms with E-state index in [1.165, 1.54) is 0 Å². The lowest BCUT2D eigenvalue weighted by molar-refractivity contribution is 0.0943. The van der Waals surface area contributed by atoms with Crippen LogP contribution in [-0.2, 0) is 4.74 Å². The SMILES string of the molecule is CCOc1ccccc1NC(=O)c1cccc(C(=O)NCCCOC)n1. The molecule has 26 heavy (non-hydrogen) atoms. The number of rotatable bonds is 9. The van der Waals surface area contributed by atoms with Gasteiger partial charge in [-0.25, -0.2) is 4.98 Å². The Bertz CT molecular complexity index is 749. The van der Waals surface area contributed by atoms with Gasteiger partial charge in [-0.2, -0.15) is 0 Å². The summed E-state index contributed by atoms with van der Waals surface area (Å²) in [6.45, 7) is 3.40. The normalized spacial score (nSPS) is 10.2. The van der Waals surface area contributed by atoms with E-state index in [-0.39, 0.29) is 17.3 Å². The third-order valence-electron chi connectivity index (χ3n) is 3.46. The van der Waals surface area contributed by atoms with Crippen molar-refractivity contribution in [3.8, 4) is 5.75 Å². The molecular weight excluding hydrogens is 334 g/mol. The summed E-state index contributed by atoms with van der Waals surface area (Å²) in [5.41, 5.74) is 0.893. The highest BCUT2D eigenvalue weighted by atomic mass is 16.5. The van der Waals surface area contributed by atoms with E-state index in [0.717, 1.165) is 0 Å². The first-order chi connectivity index (χ1) is 12.7. The van der Waals surface area contributed by atoms with Gasteiger partial charge in [0.05, 0.1) is 12.3 Å². The van der Waals surface area contributed by atoms with Crippen molar-refractivity contribution in [1.29, 1.82) is 0 Å². The van der Waals surface area contributed by atoms with E-state index in [2.05, 4.69) is 15.6 Å². The second-order valence-electron chi connectivity index (χ2n) is 5.39. The minimum atomic E-state index is -0.411. The van der Waals surface area contributed by atoms with Gasteiger partial charge in [0.15, 0.2) is 0 Å². The Hall–Kier alpha value is -2.93. The Morgan fingerprint density at radius 3 is 2.50 bits per heavy atom. The number of ether oxygens (including phenoxy) is 2. The number of carbonyl (C=O) groups is 2. The topological polar surface area (TPSA) is 89.5 Å². The summed E-state index contributed by atoms with van der Waals surface area (Å²) in [4.78, 5) is 28.7. The zero-order valence-corrected chi connectivity index (χ0v) is 15.0. The molecule has 0 radical (unpaired) electrons. The standard InChI is InChI=1S/C19H23N3O4/c1-3-26-17-11-5-4-8-14(17)22-19(24)16-10-6-9-15(21-16)18(23)20-12-7-13-25-2/h4-6,8-11H,3,7,12-13H2,1-2H3,(H,20,23)(H,22,24). The molecule has 1 aromatic carbocycles. The number of para-hydroxylation sites is 2. The average Bonchev–Trinajstić information content (AvgIpc) is 2.67. The number of anilines is 1. The van der Waals surface area contributed by atoms with Gasteiger partial charge in [-0.3, -0.25) is 9.59 Å². The number of hydrogen-bond acceptors (Lipinski definition) is 5. The van der Waals surface area contributed by atoms with Crippen LogP contribution in [0.25, 0.3) is 0 Å². The fourth-order valence-corrected chi connectivity index (χ4v) is 2.23. The zero-order valence-electron chi connectivity index (χ0n) is 15.0. The monoisotopic (exact) mass is 357 g/mol. The Morgan fingerprint density at radius 2 is 1.77 bits per heavy atom. The largest absolute Gasteiger partial charge is 0.492 e. The second-order valence-corrected chi connectivity index (χ2v) is 5.39. The molecule has 2 aromatic rings. The number of hydrogen-bond donors (Lipinski definition) is 2. The van der Waals surface area contributed by atoms with E-state index in [4.69, 9.17) is 9.47 Å². The molecule has 2 amide bonds. The molecule has 0 aliphatic rings. The minimum Gasteiger partial charge on any atom is -0.492 e. The summed E-state index contributed by atoms with van der Waals surface area (Å²) < 4.78 is 10.4. The predicted octanol–water partition coefficient (Wildman–Crippen LogP) is 2.50. The van der Waals surface area contributed by atoms with Crippen molar-refractivity contribution in [2.24, 2.45) is 0 Å². The highest BCUT2D eigenvalue weighted by Gasteiger charge is 2.14. The lowest BCUT2D eigenvalue weighted by Gasteiger charge is -2.11. The average molecular weight is 357 g/mol. The first kappa shape index (κ1) is 19.4. The molecular formula is C19H23N3O4. The van der Waals surface area contributed by atoms with Crippen LogP contribution >= 0.6 is 0 Å². The number of benzene rings is 1. The van der Waals surface area contributed by atoms with Crippen LogP contribution in [0.4, 0.5) is 5.69 Å². The Kier molecular flexibility index (Phi) is 7.57. The number of carbonyl (C=O) groups excluding carboxylic acids is 2. The third kappa shape index (κ3) is 5.56. The molecule has 0 fully saturated rings. The molecule has 0 aliphatic carbocycles. The molecule has 7 nitrogen and oxygen atoms in total. The highest BCUT2D eigenvalue weighted by molar-refractivity contribution is 6.04. The summed E-state index contributed by atoms with van der Waals surface area (Å²) in [7, 11) is 1.61. The summed E-state index contributed by atoms with van der Waals surface area (Å²) in [6, 6.07) is 11.9. The molecule has 1 aromatic heterocycles. The number of aromatic nitrogens is 1. The smallest absolute Gasteiger partial charge is 0.274 e. The lowest BCUT2D eigenvalue weighted by Crippen LogP contribution is -2.27. The van der Waals surface area contributed by atoms with Crippen molar-refractivity contribution in [2.45, 2.75) is 13.3 Å². The number of nitrogens with zero attached hydrogens (tertiary/aromatic N) is 1. The van der Waals surface area contributed by atoms with Crippen LogP contribution in [0.2, 0.25) is 0 Å². The Balaban J connectivity index is 2.05. The molecule has 0 unspecified atom stereocenters. The zero-order chi connectivity index (χ0) is 18.8. The first-order valence-electron chi connectivity index (χ1n) is 8.43. The van der Waals surface area contributed by atoms with Gasteiger partial charge in [-0.1, -0.05) is 18.2 Å². The van der Waals surface area contributed by atoms with Crippen molar-refractivity contribution in [3.05, 3.63) is 53.9 Å². The highest BCUT2D eigenvalue weighted by Crippen LogP contribution is 2.24. The Labute approximate surface area is 152 Å². The van der Waals surface area contributed by atoms with Gasteiger partial charge in [-0.15, -0.1) is 0 Å². The molecule has 2 rings (SSSR count). The molecule has 0 atom stereocenters. The maximum atomic E-state index is 12.5. The molecule has 7 heteroatoms. The van der Waals surface area contributed by atoms with E-state index in [9.17, 15) is 9.59 Å². The maximum Gasteiger partial charge on any atom is 0.274 e.